The standard InChI is InChI=1S/C15H19N3O/c1-10-6-7-14(11(2)8-10)17(4)15-13(9-19)12(3)16-18(15)5/h6-9H,1-5H3. The van der Waals surface area contributed by atoms with Gasteiger partial charge in [-0.15, -0.1) is 0 Å². The lowest BCUT2D eigenvalue weighted by atomic mass is 10.1. The predicted octanol–water partition coefficient (Wildman–Crippen LogP) is 2.93. The van der Waals surface area contributed by atoms with E-state index >= 15 is 0 Å². The van der Waals surface area contributed by atoms with Crippen molar-refractivity contribution in [3.05, 3.63) is 40.6 Å². The molecule has 0 aliphatic rings. The van der Waals surface area contributed by atoms with Gasteiger partial charge in [-0.05, 0) is 32.4 Å². The fraction of sp³-hybridized carbons (Fsp3) is 0.333. The molecule has 2 rings (SSSR count). The van der Waals surface area contributed by atoms with E-state index in [1.54, 1.807) is 4.68 Å². The fourth-order valence-corrected chi connectivity index (χ4v) is 2.49. The van der Waals surface area contributed by atoms with Gasteiger partial charge in [-0.1, -0.05) is 17.7 Å². The Hall–Kier alpha value is -2.10. The number of rotatable bonds is 3. The van der Waals surface area contributed by atoms with Gasteiger partial charge in [-0.3, -0.25) is 9.48 Å². The highest BCUT2D eigenvalue weighted by molar-refractivity contribution is 5.86. The zero-order chi connectivity index (χ0) is 14.2. The van der Waals surface area contributed by atoms with E-state index in [0.29, 0.717) is 5.56 Å². The van der Waals surface area contributed by atoms with Crippen molar-refractivity contribution in [1.82, 2.24) is 9.78 Å². The molecular formula is C15H19N3O. The molecule has 1 aromatic carbocycles. The van der Waals surface area contributed by atoms with Crippen LogP contribution in [0.4, 0.5) is 11.5 Å². The van der Waals surface area contributed by atoms with Crippen LogP contribution in [-0.4, -0.2) is 23.1 Å². The van der Waals surface area contributed by atoms with Crippen LogP contribution in [0.2, 0.25) is 0 Å². The number of benzene rings is 1. The Balaban J connectivity index is 2.55. The number of carbonyl (C=O) groups excluding carboxylic acids is 1. The second-order valence-corrected chi connectivity index (χ2v) is 4.91. The van der Waals surface area contributed by atoms with Gasteiger partial charge in [0, 0.05) is 19.8 Å². The maximum Gasteiger partial charge on any atom is 0.155 e. The largest absolute Gasteiger partial charge is 0.329 e. The third-order valence-electron chi connectivity index (χ3n) is 3.39. The molecule has 4 heteroatoms. The lowest BCUT2D eigenvalue weighted by Crippen LogP contribution is -2.16. The number of nitrogens with zero attached hydrogens (tertiary/aromatic N) is 3. The molecule has 0 N–H and O–H groups in total. The van der Waals surface area contributed by atoms with Crippen LogP contribution in [0.3, 0.4) is 0 Å². The molecule has 0 aliphatic carbocycles. The van der Waals surface area contributed by atoms with E-state index in [1.165, 1.54) is 11.1 Å². The number of aldehydes is 1. The number of carbonyl (C=O) groups is 1. The molecule has 1 heterocycles. The molecule has 19 heavy (non-hydrogen) atoms. The summed E-state index contributed by atoms with van der Waals surface area (Å²) in [6.45, 7) is 5.99. The number of aryl methyl sites for hydroxylation is 4. The first-order chi connectivity index (χ1) is 8.95. The van der Waals surface area contributed by atoms with E-state index in [4.69, 9.17) is 0 Å². The summed E-state index contributed by atoms with van der Waals surface area (Å²) in [5.74, 6) is 0.819. The molecule has 0 radical (unpaired) electrons. The van der Waals surface area contributed by atoms with E-state index in [0.717, 1.165) is 23.5 Å². The van der Waals surface area contributed by atoms with Crippen molar-refractivity contribution in [2.24, 2.45) is 7.05 Å². The molecule has 4 nitrogen and oxygen atoms in total. The molecule has 0 unspecified atom stereocenters. The van der Waals surface area contributed by atoms with Crippen molar-refractivity contribution in [3.8, 4) is 0 Å². The highest BCUT2D eigenvalue weighted by Crippen LogP contribution is 2.30. The third kappa shape index (κ3) is 2.26. The van der Waals surface area contributed by atoms with Crippen molar-refractivity contribution in [3.63, 3.8) is 0 Å². The maximum atomic E-state index is 11.3. The minimum atomic E-state index is 0.643. The first-order valence-corrected chi connectivity index (χ1v) is 6.25. The van der Waals surface area contributed by atoms with Crippen LogP contribution in [-0.2, 0) is 7.05 Å². The van der Waals surface area contributed by atoms with Crippen molar-refractivity contribution in [2.75, 3.05) is 11.9 Å². The van der Waals surface area contributed by atoms with E-state index in [9.17, 15) is 4.79 Å². The first kappa shape index (κ1) is 13.3. The maximum absolute atomic E-state index is 11.3. The van der Waals surface area contributed by atoms with Gasteiger partial charge in [0.2, 0.25) is 0 Å². The van der Waals surface area contributed by atoms with Crippen LogP contribution >= 0.6 is 0 Å². The summed E-state index contributed by atoms with van der Waals surface area (Å²) in [5, 5.41) is 4.32. The zero-order valence-electron chi connectivity index (χ0n) is 12.1. The Morgan fingerprint density at radius 1 is 1.26 bits per heavy atom. The van der Waals surface area contributed by atoms with Gasteiger partial charge in [0.1, 0.15) is 5.82 Å². The van der Waals surface area contributed by atoms with E-state index < -0.39 is 0 Å². The molecule has 0 atom stereocenters. The Kier molecular flexibility index (Phi) is 3.42. The van der Waals surface area contributed by atoms with Gasteiger partial charge >= 0.3 is 0 Å². The van der Waals surface area contributed by atoms with Crippen molar-refractivity contribution in [2.45, 2.75) is 20.8 Å². The van der Waals surface area contributed by atoms with Crippen LogP contribution in [0.25, 0.3) is 0 Å². The van der Waals surface area contributed by atoms with Gasteiger partial charge in [0.15, 0.2) is 6.29 Å². The lowest BCUT2D eigenvalue weighted by Gasteiger charge is -2.22. The van der Waals surface area contributed by atoms with Crippen molar-refractivity contribution in [1.29, 1.82) is 0 Å². The summed E-state index contributed by atoms with van der Waals surface area (Å²) >= 11 is 0. The number of aromatic nitrogens is 2. The summed E-state index contributed by atoms with van der Waals surface area (Å²) in [6.07, 6.45) is 0.873. The molecule has 0 fully saturated rings. The van der Waals surface area contributed by atoms with E-state index in [-0.39, 0.29) is 0 Å². The Morgan fingerprint density at radius 3 is 2.53 bits per heavy atom. The normalized spacial score (nSPS) is 10.6. The number of hydrogen-bond donors (Lipinski definition) is 0. The molecule has 0 aliphatic heterocycles. The minimum absolute atomic E-state index is 0.643. The molecule has 1 aromatic heterocycles. The highest BCUT2D eigenvalue weighted by atomic mass is 16.1. The SMILES string of the molecule is Cc1ccc(N(C)c2c(C=O)c(C)nn2C)c(C)c1. The van der Waals surface area contributed by atoms with Gasteiger partial charge in [0.05, 0.1) is 11.3 Å². The number of hydrogen-bond acceptors (Lipinski definition) is 3. The Morgan fingerprint density at radius 2 is 1.95 bits per heavy atom. The van der Waals surface area contributed by atoms with E-state index in [2.05, 4.69) is 37.1 Å². The molecule has 0 spiro atoms. The first-order valence-electron chi connectivity index (χ1n) is 6.25. The summed E-state index contributed by atoms with van der Waals surface area (Å²) < 4.78 is 1.75. The average Bonchev–Trinajstić information content (AvgIpc) is 2.62. The molecular weight excluding hydrogens is 238 g/mol. The van der Waals surface area contributed by atoms with Crippen LogP contribution in [0, 0.1) is 20.8 Å². The zero-order valence-corrected chi connectivity index (χ0v) is 12.1. The van der Waals surface area contributed by atoms with Gasteiger partial charge < -0.3 is 4.90 Å². The molecule has 100 valence electrons. The highest BCUT2D eigenvalue weighted by Gasteiger charge is 2.18. The predicted molar refractivity (Wildman–Crippen MR) is 77.3 cm³/mol. The van der Waals surface area contributed by atoms with Crippen LogP contribution in [0.5, 0.6) is 0 Å². The fourth-order valence-electron chi connectivity index (χ4n) is 2.49. The van der Waals surface area contributed by atoms with Gasteiger partial charge in [0.25, 0.3) is 0 Å². The molecule has 0 amide bonds. The Labute approximate surface area is 113 Å². The van der Waals surface area contributed by atoms with Crippen molar-refractivity contribution >= 4 is 17.8 Å². The summed E-state index contributed by atoms with van der Waals surface area (Å²) in [4.78, 5) is 13.3. The summed E-state index contributed by atoms with van der Waals surface area (Å²) in [5.41, 5.74) is 4.88. The summed E-state index contributed by atoms with van der Waals surface area (Å²) in [7, 11) is 3.82. The molecule has 0 bridgehead atoms. The second-order valence-electron chi connectivity index (χ2n) is 4.91. The monoisotopic (exact) mass is 257 g/mol. The van der Waals surface area contributed by atoms with Gasteiger partial charge in [-0.2, -0.15) is 5.10 Å². The topological polar surface area (TPSA) is 38.1 Å². The second kappa shape index (κ2) is 4.88. The smallest absolute Gasteiger partial charge is 0.155 e. The van der Waals surface area contributed by atoms with E-state index in [1.807, 2.05) is 25.9 Å². The quantitative estimate of drug-likeness (QED) is 0.793. The lowest BCUT2D eigenvalue weighted by molar-refractivity contribution is 0.112. The third-order valence-corrected chi connectivity index (χ3v) is 3.39. The molecule has 0 saturated carbocycles. The van der Waals surface area contributed by atoms with Crippen molar-refractivity contribution < 1.29 is 4.79 Å². The van der Waals surface area contributed by atoms with Gasteiger partial charge in [-0.25, -0.2) is 0 Å². The minimum Gasteiger partial charge on any atom is -0.329 e. The van der Waals surface area contributed by atoms with Crippen LogP contribution in [0.15, 0.2) is 18.2 Å². The van der Waals surface area contributed by atoms with Crippen LogP contribution < -0.4 is 4.90 Å². The average molecular weight is 257 g/mol. The number of anilines is 2. The molecule has 0 saturated heterocycles. The Bertz CT molecular complexity index is 629. The van der Waals surface area contributed by atoms with Crippen LogP contribution in [0.1, 0.15) is 27.2 Å². The summed E-state index contributed by atoms with van der Waals surface area (Å²) in [6, 6.07) is 6.28. The molecule has 2 aromatic rings.